The Hall–Kier alpha value is -1.14. The van der Waals surface area contributed by atoms with E-state index in [0.29, 0.717) is 26.1 Å². The Morgan fingerprint density at radius 2 is 2.00 bits per heavy atom. The summed E-state index contributed by atoms with van der Waals surface area (Å²) >= 11 is 0. The number of aliphatic carboxylic acids is 1. The van der Waals surface area contributed by atoms with Gasteiger partial charge in [-0.3, -0.25) is 9.59 Å². The molecule has 98 valence electrons. The molecule has 0 aromatic heterocycles. The van der Waals surface area contributed by atoms with Gasteiger partial charge in [-0.15, -0.1) is 0 Å². The van der Waals surface area contributed by atoms with Gasteiger partial charge in [0.2, 0.25) is 5.91 Å². The normalized spacial score (nSPS) is 18.7. The highest BCUT2D eigenvalue weighted by molar-refractivity contribution is 5.83. The number of carboxylic acid groups (broad SMARTS) is 1. The van der Waals surface area contributed by atoms with E-state index in [9.17, 15) is 9.59 Å². The number of amides is 1. The van der Waals surface area contributed by atoms with E-state index >= 15 is 0 Å². The van der Waals surface area contributed by atoms with Crippen LogP contribution in [-0.2, 0) is 14.3 Å². The van der Waals surface area contributed by atoms with Gasteiger partial charge in [0, 0.05) is 33.4 Å². The van der Waals surface area contributed by atoms with Crippen LogP contribution in [0.15, 0.2) is 0 Å². The Kier molecular flexibility index (Phi) is 4.89. The molecule has 3 N–H and O–H groups in total. The standard InChI is InChI=1S/C11H20N2O4/c1-13(5-2-9(14)15)10(16)11(8-12)3-6-17-7-4-11/h2-8,12H2,1H3,(H,14,15). The van der Waals surface area contributed by atoms with E-state index in [2.05, 4.69) is 0 Å². The summed E-state index contributed by atoms with van der Waals surface area (Å²) in [6.07, 6.45) is 1.18. The van der Waals surface area contributed by atoms with Crippen LogP contribution in [0.2, 0.25) is 0 Å². The molecule has 0 spiro atoms. The Bertz CT molecular complexity index is 287. The second-order valence-electron chi connectivity index (χ2n) is 4.47. The predicted octanol–water partition coefficient (Wildman–Crippen LogP) is -0.325. The molecule has 0 aliphatic carbocycles. The summed E-state index contributed by atoms with van der Waals surface area (Å²) in [6.45, 7) is 1.58. The van der Waals surface area contributed by atoms with E-state index in [0.717, 1.165) is 0 Å². The Morgan fingerprint density at radius 3 is 2.47 bits per heavy atom. The zero-order valence-corrected chi connectivity index (χ0v) is 10.1. The van der Waals surface area contributed by atoms with Gasteiger partial charge in [0.25, 0.3) is 0 Å². The number of hydrogen-bond donors (Lipinski definition) is 2. The lowest BCUT2D eigenvalue weighted by atomic mass is 9.79. The lowest BCUT2D eigenvalue weighted by Gasteiger charge is -2.37. The Morgan fingerprint density at radius 1 is 1.41 bits per heavy atom. The van der Waals surface area contributed by atoms with E-state index in [1.807, 2.05) is 0 Å². The number of hydrogen-bond acceptors (Lipinski definition) is 4. The molecule has 6 nitrogen and oxygen atoms in total. The van der Waals surface area contributed by atoms with E-state index in [4.69, 9.17) is 15.6 Å². The van der Waals surface area contributed by atoms with Crippen LogP contribution < -0.4 is 5.73 Å². The van der Waals surface area contributed by atoms with Gasteiger partial charge in [-0.2, -0.15) is 0 Å². The molecule has 6 heteroatoms. The maximum absolute atomic E-state index is 12.3. The quantitative estimate of drug-likeness (QED) is 0.691. The smallest absolute Gasteiger partial charge is 0.305 e. The minimum absolute atomic E-state index is 0.0423. The third-order valence-electron chi connectivity index (χ3n) is 3.30. The number of nitrogens with zero attached hydrogens (tertiary/aromatic N) is 1. The number of carbonyl (C=O) groups is 2. The molecule has 0 bridgehead atoms. The minimum Gasteiger partial charge on any atom is -0.481 e. The first kappa shape index (κ1) is 13.9. The number of ether oxygens (including phenoxy) is 1. The fourth-order valence-electron chi connectivity index (χ4n) is 2.04. The van der Waals surface area contributed by atoms with Gasteiger partial charge in [0.05, 0.1) is 11.8 Å². The summed E-state index contributed by atoms with van der Waals surface area (Å²) in [4.78, 5) is 24.2. The highest BCUT2D eigenvalue weighted by Gasteiger charge is 2.40. The molecular formula is C11H20N2O4. The molecule has 0 atom stereocenters. The topological polar surface area (TPSA) is 92.9 Å². The van der Waals surface area contributed by atoms with Crippen molar-refractivity contribution in [3.8, 4) is 0 Å². The van der Waals surface area contributed by atoms with Crippen molar-refractivity contribution in [2.24, 2.45) is 11.1 Å². The fraction of sp³-hybridized carbons (Fsp3) is 0.818. The first-order valence-corrected chi connectivity index (χ1v) is 5.77. The van der Waals surface area contributed by atoms with E-state index < -0.39 is 11.4 Å². The van der Waals surface area contributed by atoms with Crippen molar-refractivity contribution in [2.75, 3.05) is 33.4 Å². The van der Waals surface area contributed by atoms with Crippen LogP contribution in [0.1, 0.15) is 19.3 Å². The molecule has 1 rings (SSSR count). The van der Waals surface area contributed by atoms with Crippen LogP contribution >= 0.6 is 0 Å². The lowest BCUT2D eigenvalue weighted by Crippen LogP contribution is -2.50. The van der Waals surface area contributed by atoms with Crippen molar-refractivity contribution < 1.29 is 19.4 Å². The molecule has 1 aliphatic heterocycles. The average molecular weight is 244 g/mol. The molecular weight excluding hydrogens is 224 g/mol. The van der Waals surface area contributed by atoms with Crippen LogP contribution in [-0.4, -0.2) is 55.2 Å². The second kappa shape index (κ2) is 5.97. The van der Waals surface area contributed by atoms with Gasteiger partial charge in [-0.25, -0.2) is 0 Å². The number of nitrogens with two attached hydrogens (primary N) is 1. The largest absolute Gasteiger partial charge is 0.481 e. The van der Waals surface area contributed by atoms with E-state index in [-0.39, 0.29) is 25.4 Å². The van der Waals surface area contributed by atoms with Crippen LogP contribution in [0.3, 0.4) is 0 Å². The maximum atomic E-state index is 12.3. The van der Waals surface area contributed by atoms with E-state index in [1.54, 1.807) is 7.05 Å². The van der Waals surface area contributed by atoms with Crippen molar-refractivity contribution in [2.45, 2.75) is 19.3 Å². The highest BCUT2D eigenvalue weighted by atomic mass is 16.5. The molecule has 0 saturated carbocycles. The van der Waals surface area contributed by atoms with Gasteiger partial charge < -0.3 is 20.5 Å². The Balaban J connectivity index is 2.61. The molecule has 1 fully saturated rings. The van der Waals surface area contributed by atoms with Crippen molar-refractivity contribution in [1.82, 2.24) is 4.90 Å². The van der Waals surface area contributed by atoms with E-state index in [1.165, 1.54) is 4.90 Å². The second-order valence-corrected chi connectivity index (χ2v) is 4.47. The van der Waals surface area contributed by atoms with Gasteiger partial charge in [-0.05, 0) is 12.8 Å². The van der Waals surface area contributed by atoms with Crippen molar-refractivity contribution in [3.63, 3.8) is 0 Å². The summed E-state index contributed by atoms with van der Waals surface area (Å²) < 4.78 is 5.23. The molecule has 17 heavy (non-hydrogen) atoms. The number of carbonyl (C=O) groups excluding carboxylic acids is 1. The molecule has 1 aliphatic rings. The molecule has 0 aromatic carbocycles. The van der Waals surface area contributed by atoms with Crippen LogP contribution in [0.4, 0.5) is 0 Å². The summed E-state index contributed by atoms with van der Waals surface area (Å²) in [5, 5.41) is 8.59. The van der Waals surface area contributed by atoms with Crippen LogP contribution in [0.25, 0.3) is 0 Å². The van der Waals surface area contributed by atoms with Gasteiger partial charge in [0.15, 0.2) is 0 Å². The summed E-state index contributed by atoms with van der Waals surface area (Å²) in [5.74, 6) is -0.969. The van der Waals surface area contributed by atoms with Crippen LogP contribution in [0, 0.1) is 5.41 Å². The molecule has 0 radical (unpaired) electrons. The molecule has 0 aromatic rings. The van der Waals surface area contributed by atoms with Crippen LogP contribution in [0.5, 0.6) is 0 Å². The summed E-state index contributed by atoms with van der Waals surface area (Å²) in [7, 11) is 1.62. The first-order valence-electron chi connectivity index (χ1n) is 5.77. The third kappa shape index (κ3) is 3.41. The molecule has 1 amide bonds. The predicted molar refractivity (Wildman–Crippen MR) is 61.4 cm³/mol. The number of rotatable bonds is 5. The van der Waals surface area contributed by atoms with Gasteiger partial charge >= 0.3 is 5.97 Å². The van der Waals surface area contributed by atoms with Crippen molar-refractivity contribution >= 4 is 11.9 Å². The SMILES string of the molecule is CN(CCC(=O)O)C(=O)C1(CN)CCOCC1. The van der Waals surface area contributed by atoms with Gasteiger partial charge in [-0.1, -0.05) is 0 Å². The Labute approximate surface area is 101 Å². The average Bonchev–Trinajstić information content (AvgIpc) is 2.35. The molecule has 0 unspecified atom stereocenters. The van der Waals surface area contributed by atoms with Gasteiger partial charge in [0.1, 0.15) is 0 Å². The highest BCUT2D eigenvalue weighted by Crippen LogP contribution is 2.31. The summed E-state index contributed by atoms with van der Waals surface area (Å²) in [6, 6.07) is 0. The monoisotopic (exact) mass is 244 g/mol. The minimum atomic E-state index is -0.904. The third-order valence-corrected chi connectivity index (χ3v) is 3.30. The van der Waals surface area contributed by atoms with Crippen molar-refractivity contribution in [3.05, 3.63) is 0 Å². The molecule has 1 saturated heterocycles. The fourth-order valence-corrected chi connectivity index (χ4v) is 2.04. The zero-order chi connectivity index (χ0) is 12.9. The lowest BCUT2D eigenvalue weighted by molar-refractivity contribution is -0.146. The summed E-state index contributed by atoms with van der Waals surface area (Å²) in [5.41, 5.74) is 5.15. The number of carboxylic acids is 1. The zero-order valence-electron chi connectivity index (χ0n) is 10.1. The first-order chi connectivity index (χ1) is 8.02. The molecule has 1 heterocycles. The van der Waals surface area contributed by atoms with Crippen molar-refractivity contribution in [1.29, 1.82) is 0 Å². The maximum Gasteiger partial charge on any atom is 0.305 e.